The van der Waals surface area contributed by atoms with Crippen LogP contribution in [0.3, 0.4) is 0 Å². The molecule has 2 heterocycles. The molecule has 0 aliphatic heterocycles. The molecule has 0 spiro atoms. The smallest absolute Gasteiger partial charge is 0.226 e. The van der Waals surface area contributed by atoms with Crippen LogP contribution in [0.1, 0.15) is 26.7 Å². The fourth-order valence-corrected chi connectivity index (χ4v) is 2.05. The third-order valence-electron chi connectivity index (χ3n) is 3.09. The van der Waals surface area contributed by atoms with Crippen LogP contribution in [0.15, 0.2) is 6.20 Å². The number of nitrogens with one attached hydrogen (secondary N) is 2. The largest absolute Gasteiger partial charge is 0.396 e. The lowest BCUT2D eigenvalue weighted by molar-refractivity contribution is 0.289. The number of nitrogens with zero attached hydrogens (tertiary/aromatic N) is 4. The number of anilines is 2. The van der Waals surface area contributed by atoms with Gasteiger partial charge >= 0.3 is 0 Å². The van der Waals surface area contributed by atoms with E-state index in [2.05, 4.69) is 44.2 Å². The maximum atomic E-state index is 9.01. The number of aromatic nitrogens is 4. The van der Waals surface area contributed by atoms with Gasteiger partial charge in [0, 0.05) is 26.2 Å². The molecule has 3 N–H and O–H groups in total. The first-order valence-corrected chi connectivity index (χ1v) is 7.10. The van der Waals surface area contributed by atoms with Crippen molar-refractivity contribution >= 4 is 22.8 Å². The summed E-state index contributed by atoms with van der Waals surface area (Å²) in [6, 6.07) is 0. The summed E-state index contributed by atoms with van der Waals surface area (Å²) in [7, 11) is 0. The number of rotatable bonds is 8. The number of fused-ring (bicyclic) bond motifs is 1. The van der Waals surface area contributed by atoms with Crippen molar-refractivity contribution in [3.05, 3.63) is 6.20 Å². The van der Waals surface area contributed by atoms with Crippen molar-refractivity contribution in [1.29, 1.82) is 0 Å². The second kappa shape index (κ2) is 7.04. The highest BCUT2D eigenvalue weighted by Gasteiger charge is 2.14. The molecule has 2 aromatic heterocycles. The summed E-state index contributed by atoms with van der Waals surface area (Å²) < 4.78 is 0. The normalized spacial score (nSPS) is 10.9. The molecular weight excluding hydrogens is 256 g/mol. The first-order chi connectivity index (χ1) is 9.80. The molecule has 20 heavy (non-hydrogen) atoms. The number of hydrogen-bond acceptors (Lipinski definition) is 6. The molecule has 0 amide bonds. The van der Waals surface area contributed by atoms with E-state index in [9.17, 15) is 0 Å². The SMILES string of the molecule is CCCNc1nc(N(CC)CCCO)c2cn[nH]c2n1. The van der Waals surface area contributed by atoms with Crippen LogP contribution in [-0.2, 0) is 0 Å². The quantitative estimate of drug-likeness (QED) is 0.676. The summed E-state index contributed by atoms with van der Waals surface area (Å²) >= 11 is 0. The summed E-state index contributed by atoms with van der Waals surface area (Å²) in [5, 5.41) is 20.1. The molecule has 0 atom stereocenters. The van der Waals surface area contributed by atoms with Gasteiger partial charge in [0.15, 0.2) is 5.65 Å². The molecule has 110 valence electrons. The standard InChI is InChI=1S/C13H22N6O/c1-3-6-14-13-16-11-10(9-15-18-11)12(17-13)19(4-2)7-5-8-20/h9,20H,3-8H2,1-2H3,(H2,14,15,16,17,18). The highest BCUT2D eigenvalue weighted by Crippen LogP contribution is 2.23. The highest BCUT2D eigenvalue weighted by atomic mass is 16.3. The Kier molecular flexibility index (Phi) is 5.11. The minimum Gasteiger partial charge on any atom is -0.396 e. The molecule has 0 aliphatic carbocycles. The van der Waals surface area contributed by atoms with Crippen molar-refractivity contribution < 1.29 is 5.11 Å². The second-order valence-corrected chi connectivity index (χ2v) is 4.59. The molecule has 0 aliphatic rings. The average molecular weight is 278 g/mol. The minimum atomic E-state index is 0.178. The van der Waals surface area contributed by atoms with Crippen LogP contribution < -0.4 is 10.2 Å². The number of aromatic amines is 1. The Morgan fingerprint density at radius 1 is 1.35 bits per heavy atom. The maximum absolute atomic E-state index is 9.01. The molecule has 0 radical (unpaired) electrons. The van der Waals surface area contributed by atoms with Crippen LogP contribution >= 0.6 is 0 Å². The van der Waals surface area contributed by atoms with E-state index in [0.29, 0.717) is 5.95 Å². The van der Waals surface area contributed by atoms with E-state index in [-0.39, 0.29) is 6.61 Å². The van der Waals surface area contributed by atoms with Gasteiger partial charge in [0.25, 0.3) is 0 Å². The maximum Gasteiger partial charge on any atom is 0.226 e. The van der Waals surface area contributed by atoms with Crippen molar-refractivity contribution in [3.63, 3.8) is 0 Å². The summed E-state index contributed by atoms with van der Waals surface area (Å²) in [6.07, 6.45) is 3.48. The van der Waals surface area contributed by atoms with E-state index < -0.39 is 0 Å². The summed E-state index contributed by atoms with van der Waals surface area (Å²) in [4.78, 5) is 11.1. The van der Waals surface area contributed by atoms with Gasteiger partial charge in [0.1, 0.15) is 5.82 Å². The molecule has 0 aromatic carbocycles. The molecular formula is C13H22N6O. The van der Waals surface area contributed by atoms with Crippen molar-refractivity contribution in [2.24, 2.45) is 0 Å². The third kappa shape index (κ3) is 3.16. The summed E-state index contributed by atoms with van der Waals surface area (Å²) in [6.45, 7) is 6.77. The van der Waals surface area contributed by atoms with E-state index in [1.807, 2.05) is 0 Å². The van der Waals surface area contributed by atoms with Gasteiger partial charge in [0.2, 0.25) is 5.95 Å². The number of aliphatic hydroxyl groups excluding tert-OH is 1. The zero-order chi connectivity index (χ0) is 14.4. The predicted molar refractivity (Wildman–Crippen MR) is 80.1 cm³/mol. The van der Waals surface area contributed by atoms with Crippen molar-refractivity contribution in [2.45, 2.75) is 26.7 Å². The van der Waals surface area contributed by atoms with Crippen LogP contribution in [0, 0.1) is 0 Å². The van der Waals surface area contributed by atoms with Crippen LogP contribution in [0.2, 0.25) is 0 Å². The minimum absolute atomic E-state index is 0.178. The molecule has 0 saturated heterocycles. The first-order valence-electron chi connectivity index (χ1n) is 7.10. The van der Waals surface area contributed by atoms with Crippen molar-refractivity contribution in [1.82, 2.24) is 20.2 Å². The van der Waals surface area contributed by atoms with Gasteiger partial charge < -0.3 is 15.3 Å². The molecule has 7 heteroatoms. The lowest BCUT2D eigenvalue weighted by Crippen LogP contribution is -2.26. The first kappa shape index (κ1) is 14.5. The fourth-order valence-electron chi connectivity index (χ4n) is 2.05. The van der Waals surface area contributed by atoms with Crippen LogP contribution in [0.25, 0.3) is 11.0 Å². The van der Waals surface area contributed by atoms with Crippen molar-refractivity contribution in [3.8, 4) is 0 Å². The van der Waals surface area contributed by atoms with Crippen molar-refractivity contribution in [2.75, 3.05) is 36.5 Å². The number of aliphatic hydroxyl groups is 1. The van der Waals surface area contributed by atoms with Gasteiger partial charge in [-0.15, -0.1) is 0 Å². The van der Waals surface area contributed by atoms with Gasteiger partial charge in [-0.25, -0.2) is 0 Å². The monoisotopic (exact) mass is 278 g/mol. The fraction of sp³-hybridized carbons (Fsp3) is 0.615. The zero-order valence-corrected chi connectivity index (χ0v) is 12.1. The van der Waals surface area contributed by atoms with Gasteiger partial charge in [-0.05, 0) is 19.8 Å². The average Bonchev–Trinajstić information content (AvgIpc) is 2.94. The lowest BCUT2D eigenvalue weighted by atomic mass is 10.3. The van der Waals surface area contributed by atoms with E-state index in [1.54, 1.807) is 6.20 Å². The predicted octanol–water partition coefficient (Wildman–Crippen LogP) is 1.38. The van der Waals surface area contributed by atoms with Gasteiger partial charge in [0.05, 0.1) is 11.6 Å². The van der Waals surface area contributed by atoms with Crippen LogP contribution in [0.4, 0.5) is 11.8 Å². The van der Waals surface area contributed by atoms with Gasteiger partial charge in [-0.3, -0.25) is 5.10 Å². The Morgan fingerprint density at radius 3 is 2.90 bits per heavy atom. The number of H-pyrrole nitrogens is 1. The molecule has 2 aromatic rings. The molecule has 0 fully saturated rings. The Labute approximate surface area is 118 Å². The third-order valence-corrected chi connectivity index (χ3v) is 3.09. The summed E-state index contributed by atoms with van der Waals surface area (Å²) in [5.74, 6) is 1.47. The lowest BCUT2D eigenvalue weighted by Gasteiger charge is -2.22. The zero-order valence-electron chi connectivity index (χ0n) is 12.1. The van der Waals surface area contributed by atoms with E-state index >= 15 is 0 Å². The molecule has 0 bridgehead atoms. The molecule has 0 unspecified atom stereocenters. The highest BCUT2D eigenvalue weighted by molar-refractivity contribution is 5.87. The molecule has 0 saturated carbocycles. The van der Waals surface area contributed by atoms with E-state index in [1.165, 1.54) is 0 Å². The summed E-state index contributed by atoms with van der Waals surface area (Å²) in [5.41, 5.74) is 0.732. The van der Waals surface area contributed by atoms with Crippen LogP contribution in [-0.4, -0.2) is 51.5 Å². The Morgan fingerprint density at radius 2 is 2.20 bits per heavy atom. The van der Waals surface area contributed by atoms with E-state index in [0.717, 1.165) is 49.3 Å². The molecule has 7 nitrogen and oxygen atoms in total. The Bertz CT molecular complexity index is 541. The van der Waals surface area contributed by atoms with E-state index in [4.69, 9.17) is 5.11 Å². The second-order valence-electron chi connectivity index (χ2n) is 4.59. The van der Waals surface area contributed by atoms with Gasteiger partial charge in [-0.2, -0.15) is 15.1 Å². The van der Waals surface area contributed by atoms with Crippen LogP contribution in [0.5, 0.6) is 0 Å². The number of hydrogen-bond donors (Lipinski definition) is 3. The molecule has 2 rings (SSSR count). The Balaban J connectivity index is 2.34. The topological polar surface area (TPSA) is 90.0 Å². The Hall–Kier alpha value is -1.89. The van der Waals surface area contributed by atoms with Gasteiger partial charge in [-0.1, -0.05) is 6.92 Å².